The van der Waals surface area contributed by atoms with Crippen LogP contribution >= 0.6 is 34.5 Å². The lowest BCUT2D eigenvalue weighted by molar-refractivity contribution is -0.134. The number of hydrogen-bond acceptors (Lipinski definition) is 5. The first kappa shape index (κ1) is 18.2. The van der Waals surface area contributed by atoms with E-state index in [4.69, 9.17) is 27.9 Å². The quantitative estimate of drug-likeness (QED) is 0.574. The zero-order valence-electron chi connectivity index (χ0n) is 12.2. The number of esters is 1. The molecule has 0 bridgehead atoms. The highest BCUT2D eigenvalue weighted by atomic mass is 35.5. The zero-order valence-corrected chi connectivity index (χ0v) is 15.4. The molecule has 1 heterocycles. The Bertz CT molecular complexity index is 833. The summed E-state index contributed by atoms with van der Waals surface area (Å²) in [7, 11) is -2.47. The van der Waals surface area contributed by atoms with Crippen LogP contribution in [0.15, 0.2) is 34.5 Å². The average Bonchev–Trinajstić information content (AvgIpc) is 2.89. The summed E-state index contributed by atoms with van der Waals surface area (Å²) >= 11 is 12.5. The molecular weight excluding hydrogens is 381 g/mol. The molecule has 0 fully saturated rings. The molecule has 1 aromatic carbocycles. The SMILES string of the molecule is Cc1cc(Cl)ccc1OC(=O)CN(C)S(=O)(=O)c1ccc(Cl)s1. The first-order valence-corrected chi connectivity index (χ1v) is 9.40. The summed E-state index contributed by atoms with van der Waals surface area (Å²) in [5.41, 5.74) is 0.682. The molecule has 124 valence electrons. The van der Waals surface area contributed by atoms with Crippen molar-refractivity contribution >= 4 is 50.5 Å². The molecule has 0 atom stereocenters. The van der Waals surface area contributed by atoms with Crippen LogP contribution in [-0.4, -0.2) is 32.3 Å². The molecule has 0 saturated carbocycles. The van der Waals surface area contributed by atoms with Gasteiger partial charge in [0.1, 0.15) is 16.5 Å². The second kappa shape index (κ2) is 7.19. The van der Waals surface area contributed by atoms with E-state index in [-0.39, 0.29) is 4.21 Å². The van der Waals surface area contributed by atoms with Crippen LogP contribution in [0.2, 0.25) is 9.36 Å². The van der Waals surface area contributed by atoms with Crippen LogP contribution in [0.5, 0.6) is 5.75 Å². The van der Waals surface area contributed by atoms with E-state index in [2.05, 4.69) is 0 Å². The Hall–Kier alpha value is -1.12. The van der Waals surface area contributed by atoms with Crippen molar-refractivity contribution in [1.29, 1.82) is 0 Å². The lowest BCUT2D eigenvalue weighted by Gasteiger charge is -2.15. The molecule has 0 spiro atoms. The lowest BCUT2D eigenvalue weighted by atomic mass is 10.2. The predicted molar refractivity (Wildman–Crippen MR) is 91.0 cm³/mol. The van der Waals surface area contributed by atoms with Gasteiger partial charge in [0.15, 0.2) is 0 Å². The largest absolute Gasteiger partial charge is 0.425 e. The summed E-state index contributed by atoms with van der Waals surface area (Å²) < 4.78 is 31.1. The van der Waals surface area contributed by atoms with Crippen LogP contribution in [0.25, 0.3) is 0 Å². The van der Waals surface area contributed by atoms with Gasteiger partial charge >= 0.3 is 5.97 Å². The number of halogens is 2. The zero-order chi connectivity index (χ0) is 17.2. The van der Waals surface area contributed by atoms with Crippen LogP contribution in [0.1, 0.15) is 5.56 Å². The van der Waals surface area contributed by atoms with Gasteiger partial charge in [-0.05, 0) is 42.8 Å². The van der Waals surface area contributed by atoms with Gasteiger partial charge in [-0.3, -0.25) is 4.79 Å². The Morgan fingerprint density at radius 2 is 1.96 bits per heavy atom. The highest BCUT2D eigenvalue weighted by molar-refractivity contribution is 7.91. The Morgan fingerprint density at radius 1 is 1.26 bits per heavy atom. The summed E-state index contributed by atoms with van der Waals surface area (Å²) in [6, 6.07) is 7.68. The summed E-state index contributed by atoms with van der Waals surface area (Å²) in [5, 5.41) is 0.525. The van der Waals surface area contributed by atoms with Crippen LogP contribution in [-0.2, 0) is 14.8 Å². The van der Waals surface area contributed by atoms with E-state index >= 15 is 0 Å². The molecule has 0 radical (unpaired) electrons. The fourth-order valence-electron chi connectivity index (χ4n) is 1.74. The summed E-state index contributed by atoms with van der Waals surface area (Å²) in [4.78, 5) is 12.0. The maximum atomic E-state index is 12.3. The van der Waals surface area contributed by atoms with Gasteiger partial charge in [-0.1, -0.05) is 23.2 Å². The Kier molecular flexibility index (Phi) is 5.70. The molecule has 5 nitrogen and oxygen atoms in total. The topological polar surface area (TPSA) is 63.7 Å². The summed E-state index contributed by atoms with van der Waals surface area (Å²) in [5.74, 6) is -0.353. The minimum Gasteiger partial charge on any atom is -0.425 e. The van der Waals surface area contributed by atoms with E-state index in [1.165, 1.54) is 19.2 Å². The number of ether oxygens (including phenoxy) is 1. The normalized spacial score (nSPS) is 11.7. The van der Waals surface area contributed by atoms with Gasteiger partial charge in [-0.25, -0.2) is 8.42 Å². The van der Waals surface area contributed by atoms with Gasteiger partial charge in [-0.2, -0.15) is 4.31 Å². The predicted octanol–water partition coefficient (Wildman–Crippen LogP) is 3.59. The van der Waals surface area contributed by atoms with Crippen molar-refractivity contribution in [2.75, 3.05) is 13.6 Å². The van der Waals surface area contributed by atoms with Crippen molar-refractivity contribution in [1.82, 2.24) is 4.31 Å². The number of nitrogens with zero attached hydrogens (tertiary/aromatic N) is 1. The van der Waals surface area contributed by atoms with Crippen molar-refractivity contribution in [3.05, 3.63) is 45.3 Å². The van der Waals surface area contributed by atoms with Gasteiger partial charge in [0, 0.05) is 12.1 Å². The molecular formula is C14H13Cl2NO4S2. The first-order valence-electron chi connectivity index (χ1n) is 6.38. The lowest BCUT2D eigenvalue weighted by Crippen LogP contribution is -2.33. The van der Waals surface area contributed by atoms with Gasteiger partial charge in [0.05, 0.1) is 4.34 Å². The molecule has 0 amide bonds. The van der Waals surface area contributed by atoms with Crippen LogP contribution in [0, 0.1) is 6.92 Å². The van der Waals surface area contributed by atoms with Gasteiger partial charge in [0.2, 0.25) is 0 Å². The van der Waals surface area contributed by atoms with Gasteiger partial charge in [0.25, 0.3) is 10.0 Å². The Morgan fingerprint density at radius 3 is 2.52 bits per heavy atom. The van der Waals surface area contributed by atoms with Crippen molar-refractivity contribution in [3.63, 3.8) is 0 Å². The third-order valence-corrected chi connectivity index (χ3v) is 6.66. The second-order valence-electron chi connectivity index (χ2n) is 4.70. The third kappa shape index (κ3) is 4.45. The number of carbonyl (C=O) groups is 1. The summed E-state index contributed by atoms with van der Waals surface area (Å²) in [6.07, 6.45) is 0. The van der Waals surface area contributed by atoms with E-state index < -0.39 is 22.5 Å². The molecule has 0 aliphatic rings. The van der Waals surface area contributed by atoms with Gasteiger partial charge < -0.3 is 4.74 Å². The number of rotatable bonds is 5. The number of carbonyl (C=O) groups excluding carboxylic acids is 1. The molecule has 0 unspecified atom stereocenters. The monoisotopic (exact) mass is 393 g/mol. The molecule has 2 aromatic rings. The van der Waals surface area contributed by atoms with E-state index in [9.17, 15) is 13.2 Å². The maximum absolute atomic E-state index is 12.3. The maximum Gasteiger partial charge on any atom is 0.326 e. The molecule has 0 saturated heterocycles. The van der Waals surface area contributed by atoms with Crippen LogP contribution in [0.3, 0.4) is 0 Å². The molecule has 0 N–H and O–H groups in total. The fourth-order valence-corrected chi connectivity index (χ4v) is 4.77. The van der Waals surface area contributed by atoms with Crippen LogP contribution in [0.4, 0.5) is 0 Å². The number of sulfonamides is 1. The van der Waals surface area contributed by atoms with E-state index in [1.807, 2.05) is 0 Å². The standard InChI is InChI=1S/C14H13Cl2NO4S2/c1-9-7-10(15)3-4-11(9)21-13(18)8-17(2)23(19,20)14-6-5-12(16)22-14/h3-7H,8H2,1-2H3. The van der Waals surface area contributed by atoms with E-state index in [0.717, 1.165) is 15.6 Å². The van der Waals surface area contributed by atoms with Crippen LogP contribution < -0.4 is 4.74 Å². The first-order chi connectivity index (χ1) is 10.7. The molecule has 2 rings (SSSR count). The molecule has 1 aromatic heterocycles. The highest BCUT2D eigenvalue weighted by Crippen LogP contribution is 2.27. The fraction of sp³-hybridized carbons (Fsp3) is 0.214. The number of aryl methyl sites for hydroxylation is 1. The Balaban J connectivity index is 2.07. The molecule has 23 heavy (non-hydrogen) atoms. The van der Waals surface area contributed by atoms with Gasteiger partial charge in [-0.15, -0.1) is 11.3 Å². The second-order valence-corrected chi connectivity index (χ2v) is 9.13. The minimum atomic E-state index is -3.78. The van der Waals surface area contributed by atoms with Crippen molar-refractivity contribution in [3.8, 4) is 5.75 Å². The van der Waals surface area contributed by atoms with E-state index in [1.54, 1.807) is 25.1 Å². The number of thiophene rings is 1. The third-order valence-electron chi connectivity index (χ3n) is 2.93. The number of benzene rings is 1. The highest BCUT2D eigenvalue weighted by Gasteiger charge is 2.25. The molecule has 9 heteroatoms. The molecule has 0 aliphatic heterocycles. The van der Waals surface area contributed by atoms with E-state index in [0.29, 0.717) is 20.7 Å². The molecule has 0 aliphatic carbocycles. The van der Waals surface area contributed by atoms with Crippen molar-refractivity contribution in [2.45, 2.75) is 11.1 Å². The number of hydrogen-bond donors (Lipinski definition) is 0. The minimum absolute atomic E-state index is 0.0699. The Labute approximate surface area is 148 Å². The number of likely N-dealkylation sites (N-methyl/N-ethyl adjacent to an activating group) is 1. The smallest absolute Gasteiger partial charge is 0.326 e. The van der Waals surface area contributed by atoms with Crippen molar-refractivity contribution < 1.29 is 17.9 Å². The summed E-state index contributed by atoms with van der Waals surface area (Å²) in [6.45, 7) is 1.32. The average molecular weight is 394 g/mol. The van der Waals surface area contributed by atoms with Crippen molar-refractivity contribution in [2.24, 2.45) is 0 Å².